The van der Waals surface area contributed by atoms with Gasteiger partial charge >= 0.3 is 0 Å². The lowest BCUT2D eigenvalue weighted by molar-refractivity contribution is -0.122. The second-order valence-electron chi connectivity index (χ2n) is 4.09. The number of rotatable bonds is 4. The molecule has 2 atom stereocenters. The molecule has 1 rings (SSSR count). The Morgan fingerprint density at radius 2 is 2.00 bits per heavy atom. The molecule has 0 aliphatic carbocycles. The zero-order valence-corrected chi connectivity index (χ0v) is 11.4. The van der Waals surface area contributed by atoms with Gasteiger partial charge in [0, 0.05) is 22.8 Å². The summed E-state index contributed by atoms with van der Waals surface area (Å²) in [5.41, 5.74) is 1.29. The van der Waals surface area contributed by atoms with Crippen molar-refractivity contribution in [3.63, 3.8) is 0 Å². The first-order chi connectivity index (χ1) is 7.45. The molecule has 2 unspecified atom stereocenters. The molecule has 0 fully saturated rings. The van der Waals surface area contributed by atoms with E-state index < -0.39 is 0 Å². The molecule has 3 nitrogen and oxygen atoms in total. The highest BCUT2D eigenvalue weighted by Gasteiger charge is 2.17. The predicted octanol–water partition coefficient (Wildman–Crippen LogP) is 2.15. The Morgan fingerprint density at radius 3 is 2.44 bits per heavy atom. The molecule has 0 bridgehead atoms. The van der Waals surface area contributed by atoms with E-state index in [1.54, 1.807) is 18.4 Å². The Labute approximate surface area is 101 Å². The molecular weight excluding hydrogens is 220 g/mol. The topological polar surface area (TPSA) is 41.1 Å². The highest BCUT2D eigenvalue weighted by molar-refractivity contribution is 7.12. The molecule has 0 aliphatic rings. The van der Waals surface area contributed by atoms with Crippen LogP contribution in [-0.2, 0) is 4.79 Å². The fraction of sp³-hybridized carbons (Fsp3) is 0.583. The number of nitrogens with one attached hydrogen (secondary N) is 2. The third-order valence-corrected chi connectivity index (χ3v) is 3.67. The quantitative estimate of drug-likeness (QED) is 0.846. The lowest BCUT2D eigenvalue weighted by Gasteiger charge is -2.18. The number of carbonyl (C=O) groups is 1. The van der Waals surface area contributed by atoms with Crippen molar-refractivity contribution < 1.29 is 4.79 Å². The van der Waals surface area contributed by atoms with Gasteiger partial charge in [0.25, 0.3) is 0 Å². The lowest BCUT2D eigenvalue weighted by atomic mass is 10.1. The number of amides is 1. The molecule has 0 saturated heterocycles. The van der Waals surface area contributed by atoms with E-state index in [0.29, 0.717) is 0 Å². The van der Waals surface area contributed by atoms with Crippen LogP contribution in [-0.4, -0.2) is 19.0 Å². The van der Waals surface area contributed by atoms with Crippen LogP contribution in [0.1, 0.15) is 35.2 Å². The molecule has 1 heterocycles. The number of aryl methyl sites for hydroxylation is 2. The Balaban J connectivity index is 2.68. The van der Waals surface area contributed by atoms with Crippen LogP contribution in [0.25, 0.3) is 0 Å². The van der Waals surface area contributed by atoms with Crippen molar-refractivity contribution in [2.75, 3.05) is 7.05 Å². The Morgan fingerprint density at radius 1 is 1.38 bits per heavy atom. The van der Waals surface area contributed by atoms with Gasteiger partial charge in [-0.05, 0) is 39.3 Å². The number of thiophene rings is 1. The first kappa shape index (κ1) is 13.2. The van der Waals surface area contributed by atoms with Gasteiger partial charge in [-0.3, -0.25) is 10.1 Å². The van der Waals surface area contributed by atoms with Crippen LogP contribution < -0.4 is 10.6 Å². The molecule has 0 saturated carbocycles. The van der Waals surface area contributed by atoms with Gasteiger partial charge in [-0.2, -0.15) is 0 Å². The van der Waals surface area contributed by atoms with E-state index in [0.717, 1.165) is 0 Å². The van der Waals surface area contributed by atoms with Crippen LogP contribution in [0.2, 0.25) is 0 Å². The van der Waals surface area contributed by atoms with Crippen molar-refractivity contribution in [2.45, 2.75) is 39.8 Å². The van der Waals surface area contributed by atoms with Crippen molar-refractivity contribution in [3.05, 3.63) is 21.4 Å². The molecule has 16 heavy (non-hydrogen) atoms. The zero-order chi connectivity index (χ0) is 12.3. The number of hydrogen-bond acceptors (Lipinski definition) is 3. The van der Waals surface area contributed by atoms with Crippen LogP contribution in [0, 0.1) is 13.8 Å². The summed E-state index contributed by atoms with van der Waals surface area (Å²) in [7, 11) is 1.66. The third kappa shape index (κ3) is 3.06. The first-order valence-corrected chi connectivity index (χ1v) is 6.32. The van der Waals surface area contributed by atoms with E-state index in [1.807, 2.05) is 6.92 Å². The van der Waals surface area contributed by atoms with E-state index in [4.69, 9.17) is 0 Å². The van der Waals surface area contributed by atoms with Gasteiger partial charge in [-0.25, -0.2) is 0 Å². The van der Waals surface area contributed by atoms with Crippen LogP contribution in [0.3, 0.4) is 0 Å². The monoisotopic (exact) mass is 240 g/mol. The van der Waals surface area contributed by atoms with Gasteiger partial charge in [0.2, 0.25) is 5.91 Å². The Kier molecular flexibility index (Phi) is 4.50. The molecular formula is C12H20N2OS. The minimum atomic E-state index is -0.167. The summed E-state index contributed by atoms with van der Waals surface area (Å²) in [4.78, 5) is 14.0. The van der Waals surface area contributed by atoms with E-state index in [9.17, 15) is 4.79 Å². The Hall–Kier alpha value is -0.870. The maximum atomic E-state index is 11.4. The lowest BCUT2D eigenvalue weighted by Crippen LogP contribution is -2.41. The van der Waals surface area contributed by atoms with E-state index in [1.165, 1.54) is 15.3 Å². The largest absolute Gasteiger partial charge is 0.358 e. The van der Waals surface area contributed by atoms with Gasteiger partial charge in [0.05, 0.1) is 6.04 Å². The number of likely N-dealkylation sites (N-methyl/N-ethyl adjacent to an activating group) is 1. The summed E-state index contributed by atoms with van der Waals surface area (Å²) in [6, 6.07) is 2.23. The molecule has 90 valence electrons. The summed E-state index contributed by atoms with van der Waals surface area (Å²) in [5.74, 6) is 0.0245. The minimum Gasteiger partial charge on any atom is -0.358 e. The summed E-state index contributed by atoms with van der Waals surface area (Å²) >= 11 is 1.80. The SMILES string of the molecule is CNC(=O)C(C)NC(C)c1cc(C)sc1C. The van der Waals surface area contributed by atoms with Crippen molar-refractivity contribution in [1.29, 1.82) is 0 Å². The second kappa shape index (κ2) is 5.46. The zero-order valence-electron chi connectivity index (χ0n) is 10.5. The van der Waals surface area contributed by atoms with Gasteiger partial charge < -0.3 is 5.32 Å². The average Bonchev–Trinajstić information content (AvgIpc) is 2.56. The maximum absolute atomic E-state index is 11.4. The van der Waals surface area contributed by atoms with Crippen LogP contribution >= 0.6 is 11.3 Å². The fourth-order valence-corrected chi connectivity index (χ4v) is 2.86. The first-order valence-electron chi connectivity index (χ1n) is 5.50. The molecule has 0 radical (unpaired) electrons. The maximum Gasteiger partial charge on any atom is 0.236 e. The van der Waals surface area contributed by atoms with Crippen molar-refractivity contribution in [1.82, 2.24) is 10.6 Å². The molecule has 2 N–H and O–H groups in total. The van der Waals surface area contributed by atoms with Gasteiger partial charge in [-0.15, -0.1) is 11.3 Å². The van der Waals surface area contributed by atoms with Gasteiger partial charge in [-0.1, -0.05) is 0 Å². The average molecular weight is 240 g/mol. The predicted molar refractivity (Wildman–Crippen MR) is 68.9 cm³/mol. The van der Waals surface area contributed by atoms with Crippen molar-refractivity contribution in [2.24, 2.45) is 0 Å². The summed E-state index contributed by atoms with van der Waals surface area (Å²) in [6.07, 6.45) is 0. The molecule has 1 aromatic heterocycles. The second-order valence-corrected chi connectivity index (χ2v) is 5.55. The normalized spacial score (nSPS) is 14.6. The highest BCUT2D eigenvalue weighted by atomic mass is 32.1. The van der Waals surface area contributed by atoms with Crippen LogP contribution in [0.4, 0.5) is 0 Å². The number of carbonyl (C=O) groups excluding carboxylic acids is 1. The summed E-state index contributed by atoms with van der Waals surface area (Å²) in [6.45, 7) is 8.20. The Bertz CT molecular complexity index is 373. The van der Waals surface area contributed by atoms with Crippen LogP contribution in [0.15, 0.2) is 6.07 Å². The van der Waals surface area contributed by atoms with Gasteiger partial charge in [0.1, 0.15) is 0 Å². The van der Waals surface area contributed by atoms with Gasteiger partial charge in [0.15, 0.2) is 0 Å². The smallest absolute Gasteiger partial charge is 0.236 e. The van der Waals surface area contributed by atoms with Crippen molar-refractivity contribution >= 4 is 17.2 Å². The molecule has 1 amide bonds. The molecule has 0 aliphatic heterocycles. The van der Waals surface area contributed by atoms with Crippen LogP contribution in [0.5, 0.6) is 0 Å². The van der Waals surface area contributed by atoms with Crippen molar-refractivity contribution in [3.8, 4) is 0 Å². The minimum absolute atomic E-state index is 0.0245. The fourth-order valence-electron chi connectivity index (χ4n) is 1.84. The van der Waals surface area contributed by atoms with E-state index >= 15 is 0 Å². The highest BCUT2D eigenvalue weighted by Crippen LogP contribution is 2.26. The third-order valence-electron chi connectivity index (χ3n) is 2.69. The summed E-state index contributed by atoms with van der Waals surface area (Å²) < 4.78 is 0. The molecule has 1 aromatic rings. The molecule has 0 aromatic carbocycles. The number of hydrogen-bond donors (Lipinski definition) is 2. The van der Waals surface area contributed by atoms with E-state index in [-0.39, 0.29) is 18.0 Å². The van der Waals surface area contributed by atoms with E-state index in [2.05, 4.69) is 37.5 Å². The summed E-state index contributed by atoms with van der Waals surface area (Å²) in [5, 5.41) is 5.94. The molecule has 0 spiro atoms. The molecule has 4 heteroatoms. The standard InChI is InChI=1S/C12H20N2OS/c1-7-6-11(10(4)16-7)8(2)14-9(3)12(15)13-5/h6,8-9,14H,1-5H3,(H,13,15).